The Morgan fingerprint density at radius 2 is 1.90 bits per heavy atom. The molecule has 0 aliphatic heterocycles. The molecule has 1 saturated carbocycles. The maximum Gasteiger partial charge on any atom is 0.283 e. The molecule has 1 aromatic carbocycles. The lowest BCUT2D eigenvalue weighted by atomic mass is 9.79. The number of nitrogens with one attached hydrogen (secondary N) is 1. The van der Waals surface area contributed by atoms with E-state index < -0.39 is 0 Å². The lowest BCUT2D eigenvalue weighted by Crippen LogP contribution is -2.37. The van der Waals surface area contributed by atoms with Crippen LogP contribution >= 0.6 is 0 Å². The molecule has 1 N–H and O–H groups in total. The highest BCUT2D eigenvalue weighted by Crippen LogP contribution is 2.32. The fourth-order valence-electron chi connectivity index (χ4n) is 4.28. The lowest BCUT2D eigenvalue weighted by Gasteiger charge is -2.27. The third kappa shape index (κ3) is 4.15. The number of carbonyl (C=O) groups excluding carboxylic acids is 1. The van der Waals surface area contributed by atoms with Crippen molar-refractivity contribution >= 4 is 16.9 Å². The van der Waals surface area contributed by atoms with Crippen LogP contribution in [0.4, 0.5) is 0 Å². The Balaban J connectivity index is 1.48. The number of hydrogen-bond donors (Lipinski definition) is 1. The van der Waals surface area contributed by atoms with Crippen molar-refractivity contribution in [3.8, 4) is 5.69 Å². The minimum absolute atomic E-state index is 0.0410. The first kappa shape index (κ1) is 20.3. The summed E-state index contributed by atoms with van der Waals surface area (Å²) in [5.74, 6) is 0.598. The molecule has 2 heterocycles. The van der Waals surface area contributed by atoms with Crippen molar-refractivity contribution in [3.63, 3.8) is 0 Å². The highest BCUT2D eigenvalue weighted by Gasteiger charge is 2.26. The molecule has 7 heteroatoms. The summed E-state index contributed by atoms with van der Waals surface area (Å²) in [6, 6.07) is 7.85. The van der Waals surface area contributed by atoms with E-state index in [0.717, 1.165) is 42.9 Å². The molecule has 0 saturated heterocycles. The fourth-order valence-corrected chi connectivity index (χ4v) is 4.28. The van der Waals surface area contributed by atoms with Gasteiger partial charge in [0, 0.05) is 5.92 Å². The molecule has 1 amide bonds. The van der Waals surface area contributed by atoms with Crippen molar-refractivity contribution in [1.29, 1.82) is 0 Å². The first-order valence-electron chi connectivity index (χ1n) is 10.9. The van der Waals surface area contributed by atoms with E-state index in [4.69, 9.17) is 0 Å². The van der Waals surface area contributed by atoms with Gasteiger partial charge in [0.25, 0.3) is 5.56 Å². The zero-order chi connectivity index (χ0) is 21.1. The third-order valence-corrected chi connectivity index (χ3v) is 6.18. The molecule has 1 aliphatic rings. The first-order valence-corrected chi connectivity index (χ1v) is 10.9. The highest BCUT2D eigenvalue weighted by molar-refractivity contribution is 5.86. The van der Waals surface area contributed by atoms with Crippen LogP contribution in [0.5, 0.6) is 0 Å². The van der Waals surface area contributed by atoms with Gasteiger partial charge in [-0.3, -0.25) is 15.0 Å². The number of carbonyl (C=O) groups is 1. The smallest absolute Gasteiger partial charge is 0.273 e. The summed E-state index contributed by atoms with van der Waals surface area (Å²) >= 11 is 0. The fraction of sp³-hybridized carbons (Fsp3) is 0.478. The van der Waals surface area contributed by atoms with Crippen LogP contribution in [0.1, 0.15) is 57.4 Å². The van der Waals surface area contributed by atoms with Gasteiger partial charge in [0.2, 0.25) is 5.91 Å². The van der Waals surface area contributed by atoms with Crippen LogP contribution in [0, 0.1) is 18.8 Å². The average Bonchev–Trinajstić information content (AvgIpc) is 3.20. The summed E-state index contributed by atoms with van der Waals surface area (Å²) in [5.41, 5.74) is 4.90. The Hall–Kier alpha value is -2.96. The van der Waals surface area contributed by atoms with Gasteiger partial charge >= 0.3 is 0 Å². The Bertz CT molecular complexity index is 1080. The number of hydrogen-bond acceptors (Lipinski definition) is 4. The third-order valence-electron chi connectivity index (χ3n) is 6.18. The zero-order valence-corrected chi connectivity index (χ0v) is 17.7. The Kier molecular flexibility index (Phi) is 5.97. The molecule has 4 rings (SSSR count). The monoisotopic (exact) mass is 407 g/mol. The quantitative estimate of drug-likeness (QED) is 0.671. The van der Waals surface area contributed by atoms with Crippen molar-refractivity contribution < 1.29 is 4.79 Å². The summed E-state index contributed by atoms with van der Waals surface area (Å²) < 4.78 is 2.83. The summed E-state index contributed by atoms with van der Waals surface area (Å²) in [7, 11) is 0. The molecule has 0 radical (unpaired) electrons. The zero-order valence-electron chi connectivity index (χ0n) is 17.7. The first-order chi connectivity index (χ1) is 14.6. The number of benzene rings is 1. The second-order valence-corrected chi connectivity index (χ2v) is 8.38. The molecular weight excluding hydrogens is 378 g/mol. The molecule has 0 spiro atoms. The molecular formula is C23H29N5O2. The largest absolute Gasteiger partial charge is 0.283 e. The standard InChI is InChI=1S/C23H29N5O2/c1-3-4-5-17-8-10-18(11-9-17)22(29)26-27-15-24-21-20(23(27)30)14-25-28(21)19-12-6-16(2)7-13-19/h6-7,12-15,17-18H,3-5,8-11H2,1-2H3,(H,26,29). The molecule has 0 bridgehead atoms. The van der Waals surface area contributed by atoms with Crippen LogP contribution in [0.15, 0.2) is 41.6 Å². The second-order valence-electron chi connectivity index (χ2n) is 8.38. The maximum atomic E-state index is 12.9. The summed E-state index contributed by atoms with van der Waals surface area (Å²) in [6.07, 6.45) is 10.6. The van der Waals surface area contributed by atoms with E-state index in [-0.39, 0.29) is 17.4 Å². The van der Waals surface area contributed by atoms with E-state index >= 15 is 0 Å². The molecule has 7 nitrogen and oxygen atoms in total. The molecule has 1 aliphatic carbocycles. The van der Waals surface area contributed by atoms with Crippen molar-refractivity contribution in [3.05, 3.63) is 52.7 Å². The minimum atomic E-state index is -0.316. The Labute approximate surface area is 176 Å². The van der Waals surface area contributed by atoms with Gasteiger partial charge < -0.3 is 0 Å². The van der Waals surface area contributed by atoms with Crippen molar-refractivity contribution in [2.45, 2.75) is 58.8 Å². The van der Waals surface area contributed by atoms with Gasteiger partial charge in [-0.2, -0.15) is 5.10 Å². The number of aromatic nitrogens is 4. The Morgan fingerprint density at radius 1 is 1.17 bits per heavy atom. The van der Waals surface area contributed by atoms with E-state index in [1.165, 1.54) is 36.5 Å². The lowest BCUT2D eigenvalue weighted by molar-refractivity contribution is -0.122. The summed E-state index contributed by atoms with van der Waals surface area (Å²) in [6.45, 7) is 4.23. The van der Waals surface area contributed by atoms with Crippen molar-refractivity contribution in [1.82, 2.24) is 19.4 Å². The number of amides is 1. The summed E-state index contributed by atoms with van der Waals surface area (Å²) in [5, 5.41) is 4.70. The summed E-state index contributed by atoms with van der Waals surface area (Å²) in [4.78, 5) is 30.0. The van der Waals surface area contributed by atoms with E-state index in [2.05, 4.69) is 22.4 Å². The maximum absolute atomic E-state index is 12.9. The molecule has 3 aromatic rings. The van der Waals surface area contributed by atoms with E-state index in [1.807, 2.05) is 31.2 Å². The van der Waals surface area contributed by atoms with Gasteiger partial charge in [-0.1, -0.05) is 43.9 Å². The predicted molar refractivity (Wildman–Crippen MR) is 117 cm³/mol. The van der Waals surface area contributed by atoms with Crippen LogP contribution in [-0.2, 0) is 4.79 Å². The van der Waals surface area contributed by atoms with E-state index in [0.29, 0.717) is 11.0 Å². The van der Waals surface area contributed by atoms with E-state index in [1.54, 1.807) is 4.68 Å². The predicted octanol–water partition coefficient (Wildman–Crippen LogP) is 3.96. The molecule has 1 fully saturated rings. The van der Waals surface area contributed by atoms with Gasteiger partial charge in [0.05, 0.1) is 11.9 Å². The number of fused-ring (bicyclic) bond motifs is 1. The Morgan fingerprint density at radius 3 is 2.60 bits per heavy atom. The van der Waals surface area contributed by atoms with Crippen LogP contribution in [0.2, 0.25) is 0 Å². The van der Waals surface area contributed by atoms with Gasteiger partial charge in [0.1, 0.15) is 11.7 Å². The molecule has 2 aromatic heterocycles. The van der Waals surface area contributed by atoms with Crippen molar-refractivity contribution in [2.75, 3.05) is 5.43 Å². The van der Waals surface area contributed by atoms with Crippen LogP contribution in [0.3, 0.4) is 0 Å². The highest BCUT2D eigenvalue weighted by atomic mass is 16.2. The van der Waals surface area contributed by atoms with Gasteiger partial charge in [-0.05, 0) is 50.7 Å². The average molecular weight is 408 g/mol. The van der Waals surface area contributed by atoms with Gasteiger partial charge in [0.15, 0.2) is 5.65 Å². The van der Waals surface area contributed by atoms with Crippen LogP contribution in [0.25, 0.3) is 16.7 Å². The molecule has 0 unspecified atom stereocenters. The number of nitrogens with zero attached hydrogens (tertiary/aromatic N) is 4. The number of rotatable bonds is 6. The molecule has 0 atom stereocenters. The second kappa shape index (κ2) is 8.81. The molecule has 30 heavy (non-hydrogen) atoms. The molecule has 158 valence electrons. The SMILES string of the molecule is CCCCC1CCC(C(=O)Nn2cnc3c(cnn3-c3ccc(C)cc3)c2=O)CC1. The van der Waals surface area contributed by atoms with E-state index in [9.17, 15) is 9.59 Å². The minimum Gasteiger partial charge on any atom is -0.273 e. The van der Waals surface area contributed by atoms with Gasteiger partial charge in [-0.15, -0.1) is 0 Å². The number of unbranched alkanes of at least 4 members (excludes halogenated alkanes) is 1. The normalized spacial score (nSPS) is 19.1. The van der Waals surface area contributed by atoms with Crippen LogP contribution in [-0.4, -0.2) is 25.3 Å². The van der Waals surface area contributed by atoms with Crippen LogP contribution < -0.4 is 11.0 Å². The van der Waals surface area contributed by atoms with Crippen molar-refractivity contribution in [2.24, 2.45) is 11.8 Å². The topological polar surface area (TPSA) is 81.8 Å². The number of aryl methyl sites for hydroxylation is 1. The van der Waals surface area contributed by atoms with Gasteiger partial charge in [-0.25, -0.2) is 14.3 Å².